The van der Waals surface area contributed by atoms with Crippen molar-refractivity contribution in [2.75, 3.05) is 20.1 Å². The van der Waals surface area contributed by atoms with Gasteiger partial charge in [-0.2, -0.15) is 0 Å². The molecule has 0 unspecified atom stereocenters. The van der Waals surface area contributed by atoms with Crippen molar-refractivity contribution in [1.82, 2.24) is 9.88 Å². The smallest absolute Gasteiger partial charge is 0.0312 e. The fourth-order valence-electron chi connectivity index (χ4n) is 2.98. The van der Waals surface area contributed by atoms with E-state index >= 15 is 0 Å². The summed E-state index contributed by atoms with van der Waals surface area (Å²) in [5.41, 5.74) is 7.62. The van der Waals surface area contributed by atoms with Crippen molar-refractivity contribution < 1.29 is 0 Å². The van der Waals surface area contributed by atoms with Gasteiger partial charge in [0.05, 0.1) is 0 Å². The molecule has 94 valence electrons. The maximum atomic E-state index is 5.97. The molecule has 3 nitrogen and oxygen atoms in total. The highest BCUT2D eigenvalue weighted by atomic mass is 15.1. The largest absolute Gasteiger partial charge is 0.330 e. The van der Waals surface area contributed by atoms with Crippen LogP contribution in [-0.2, 0) is 6.54 Å². The van der Waals surface area contributed by atoms with E-state index in [-0.39, 0.29) is 0 Å². The normalized spacial score (nSPS) is 18.8. The molecular weight excluding hydrogens is 210 g/mol. The molecule has 0 bridgehead atoms. The summed E-state index contributed by atoms with van der Waals surface area (Å²) in [6.45, 7) is 2.90. The Balaban J connectivity index is 1.90. The van der Waals surface area contributed by atoms with Crippen molar-refractivity contribution in [2.24, 2.45) is 11.1 Å². The molecule has 0 aliphatic heterocycles. The van der Waals surface area contributed by atoms with Crippen LogP contribution in [0.15, 0.2) is 24.5 Å². The molecule has 0 atom stereocenters. The van der Waals surface area contributed by atoms with Crippen LogP contribution in [0.2, 0.25) is 0 Å². The Labute approximate surface area is 104 Å². The van der Waals surface area contributed by atoms with Crippen molar-refractivity contribution in [3.8, 4) is 0 Å². The van der Waals surface area contributed by atoms with Crippen LogP contribution in [0, 0.1) is 5.41 Å². The maximum Gasteiger partial charge on any atom is 0.0312 e. The molecule has 1 aliphatic rings. The van der Waals surface area contributed by atoms with Gasteiger partial charge in [0.2, 0.25) is 0 Å². The zero-order chi connectivity index (χ0) is 12.1. The third-order valence-electron chi connectivity index (χ3n) is 3.88. The molecule has 0 radical (unpaired) electrons. The molecule has 0 amide bonds. The highest BCUT2D eigenvalue weighted by Gasteiger charge is 2.33. The van der Waals surface area contributed by atoms with Gasteiger partial charge in [0, 0.05) is 25.5 Å². The minimum Gasteiger partial charge on any atom is -0.330 e. The van der Waals surface area contributed by atoms with E-state index in [1.807, 2.05) is 18.5 Å². The van der Waals surface area contributed by atoms with Gasteiger partial charge in [-0.05, 0) is 43.5 Å². The van der Waals surface area contributed by atoms with E-state index < -0.39 is 0 Å². The number of hydrogen-bond donors (Lipinski definition) is 1. The number of nitrogens with two attached hydrogens (primary N) is 1. The Morgan fingerprint density at radius 2 is 2.18 bits per heavy atom. The Morgan fingerprint density at radius 3 is 2.76 bits per heavy atom. The summed E-state index contributed by atoms with van der Waals surface area (Å²) >= 11 is 0. The first-order chi connectivity index (χ1) is 8.24. The summed E-state index contributed by atoms with van der Waals surface area (Å²) in [6.07, 6.45) is 9.04. The lowest BCUT2D eigenvalue weighted by Gasteiger charge is -2.32. The number of nitrogens with zero attached hydrogens (tertiary/aromatic N) is 2. The first kappa shape index (κ1) is 12.5. The van der Waals surface area contributed by atoms with Crippen molar-refractivity contribution in [3.05, 3.63) is 30.1 Å². The van der Waals surface area contributed by atoms with Gasteiger partial charge < -0.3 is 10.6 Å². The first-order valence-corrected chi connectivity index (χ1v) is 6.52. The number of aromatic nitrogens is 1. The van der Waals surface area contributed by atoms with Crippen molar-refractivity contribution >= 4 is 0 Å². The third kappa shape index (κ3) is 3.27. The fraction of sp³-hybridized carbons (Fsp3) is 0.643. The number of pyridine rings is 1. The molecule has 1 aromatic heterocycles. The highest BCUT2D eigenvalue weighted by Crippen LogP contribution is 2.37. The molecule has 0 spiro atoms. The molecule has 0 aromatic carbocycles. The Morgan fingerprint density at radius 1 is 1.41 bits per heavy atom. The molecule has 1 heterocycles. The summed E-state index contributed by atoms with van der Waals surface area (Å²) in [7, 11) is 2.18. The van der Waals surface area contributed by atoms with Gasteiger partial charge in [0.1, 0.15) is 0 Å². The van der Waals surface area contributed by atoms with Crippen LogP contribution in [-0.4, -0.2) is 30.0 Å². The molecular formula is C14H23N3. The third-order valence-corrected chi connectivity index (χ3v) is 3.88. The van der Waals surface area contributed by atoms with Gasteiger partial charge in [-0.15, -0.1) is 0 Å². The molecule has 0 saturated heterocycles. The van der Waals surface area contributed by atoms with E-state index in [4.69, 9.17) is 5.73 Å². The molecule has 2 rings (SSSR count). The van der Waals surface area contributed by atoms with E-state index in [2.05, 4.69) is 23.0 Å². The zero-order valence-corrected chi connectivity index (χ0v) is 10.7. The zero-order valence-electron chi connectivity index (χ0n) is 10.7. The van der Waals surface area contributed by atoms with Crippen molar-refractivity contribution in [1.29, 1.82) is 0 Å². The monoisotopic (exact) mass is 233 g/mol. The molecule has 2 N–H and O–H groups in total. The molecule has 1 saturated carbocycles. The van der Waals surface area contributed by atoms with Crippen LogP contribution in [0.1, 0.15) is 31.2 Å². The van der Waals surface area contributed by atoms with Crippen LogP contribution in [0.25, 0.3) is 0 Å². The van der Waals surface area contributed by atoms with Gasteiger partial charge in [-0.25, -0.2) is 0 Å². The van der Waals surface area contributed by atoms with E-state index in [9.17, 15) is 0 Å². The van der Waals surface area contributed by atoms with Gasteiger partial charge in [0.25, 0.3) is 0 Å². The molecule has 3 heteroatoms. The molecule has 1 aromatic rings. The quantitative estimate of drug-likeness (QED) is 0.846. The summed E-state index contributed by atoms with van der Waals surface area (Å²) < 4.78 is 0. The maximum absolute atomic E-state index is 5.97. The minimum absolute atomic E-state index is 0.372. The highest BCUT2D eigenvalue weighted by molar-refractivity contribution is 5.08. The van der Waals surface area contributed by atoms with E-state index in [0.29, 0.717) is 5.41 Å². The average Bonchev–Trinajstić information content (AvgIpc) is 2.79. The van der Waals surface area contributed by atoms with Gasteiger partial charge in [-0.3, -0.25) is 4.98 Å². The lowest BCUT2D eigenvalue weighted by atomic mass is 9.86. The number of rotatable bonds is 5. The Hall–Kier alpha value is -0.930. The van der Waals surface area contributed by atoms with Crippen LogP contribution in [0.3, 0.4) is 0 Å². The van der Waals surface area contributed by atoms with Crippen LogP contribution >= 0.6 is 0 Å². The van der Waals surface area contributed by atoms with Crippen molar-refractivity contribution in [3.63, 3.8) is 0 Å². The SMILES string of the molecule is CN(Cc1cccnc1)CC1(CN)CCCC1. The molecule has 1 aliphatic carbocycles. The first-order valence-electron chi connectivity index (χ1n) is 6.52. The van der Waals surface area contributed by atoms with Crippen LogP contribution in [0.4, 0.5) is 0 Å². The molecule has 1 fully saturated rings. The summed E-state index contributed by atoms with van der Waals surface area (Å²) in [4.78, 5) is 6.54. The Kier molecular flexibility index (Phi) is 4.13. The minimum atomic E-state index is 0.372. The topological polar surface area (TPSA) is 42.2 Å². The van der Waals surface area contributed by atoms with Gasteiger partial charge in [-0.1, -0.05) is 18.9 Å². The van der Waals surface area contributed by atoms with E-state index in [1.54, 1.807) is 0 Å². The fourth-order valence-corrected chi connectivity index (χ4v) is 2.98. The number of hydrogen-bond acceptors (Lipinski definition) is 3. The van der Waals surface area contributed by atoms with E-state index in [0.717, 1.165) is 19.6 Å². The summed E-state index contributed by atoms with van der Waals surface area (Å²) in [5, 5.41) is 0. The second kappa shape index (κ2) is 5.61. The van der Waals surface area contributed by atoms with E-state index in [1.165, 1.54) is 31.2 Å². The van der Waals surface area contributed by atoms with Gasteiger partial charge in [0.15, 0.2) is 0 Å². The molecule has 17 heavy (non-hydrogen) atoms. The predicted molar refractivity (Wildman–Crippen MR) is 70.5 cm³/mol. The summed E-state index contributed by atoms with van der Waals surface area (Å²) in [5.74, 6) is 0. The average molecular weight is 233 g/mol. The predicted octanol–water partition coefficient (Wildman–Crippen LogP) is 2.03. The van der Waals surface area contributed by atoms with Gasteiger partial charge >= 0.3 is 0 Å². The lowest BCUT2D eigenvalue weighted by molar-refractivity contribution is 0.179. The Bertz CT molecular complexity index is 331. The van der Waals surface area contributed by atoms with Crippen molar-refractivity contribution in [2.45, 2.75) is 32.2 Å². The van der Waals surface area contributed by atoms with Crippen LogP contribution < -0.4 is 5.73 Å². The standard InChI is InChI=1S/C14H23N3/c1-17(10-13-5-4-8-16-9-13)12-14(11-15)6-2-3-7-14/h4-5,8-9H,2-3,6-7,10-12,15H2,1H3. The second-order valence-corrected chi connectivity index (χ2v) is 5.44. The lowest BCUT2D eigenvalue weighted by Crippen LogP contribution is -2.39. The van der Waals surface area contributed by atoms with Crippen LogP contribution in [0.5, 0.6) is 0 Å². The summed E-state index contributed by atoms with van der Waals surface area (Å²) in [6, 6.07) is 4.13. The second-order valence-electron chi connectivity index (χ2n) is 5.44.